The molecule has 8 heteroatoms. The highest BCUT2D eigenvalue weighted by Crippen LogP contribution is 2.16. The summed E-state index contributed by atoms with van der Waals surface area (Å²) in [5.41, 5.74) is 0. The molecule has 0 radical (unpaired) electrons. The van der Waals surface area contributed by atoms with Crippen LogP contribution in [0.4, 0.5) is 13.2 Å². The summed E-state index contributed by atoms with van der Waals surface area (Å²) in [7, 11) is 0. The number of alkyl halides is 3. The Morgan fingerprint density at radius 2 is 1.58 bits per heavy atom. The molecule has 5 nitrogen and oxygen atoms in total. The second kappa shape index (κ2) is 3.20. The Labute approximate surface area is 62.7 Å². The van der Waals surface area contributed by atoms with Gasteiger partial charge in [0.05, 0.1) is 0 Å². The molecule has 0 amide bonds. The molecule has 0 unspecified atom stereocenters. The Balaban J connectivity index is 4.21. The quantitative estimate of drug-likeness (QED) is 0.319. The standard InChI is InChI=1S/C4HF3O5/c5-4(6,7)3(11)12-2(10)1(8)9/h(H,8,9). The molecule has 0 fully saturated rings. The van der Waals surface area contributed by atoms with Crippen LogP contribution in [0.3, 0.4) is 0 Å². The molecular formula is C4HF3O5. The average Bonchev–Trinajstić information content (AvgIpc) is 1.85. The third-order valence-corrected chi connectivity index (χ3v) is 0.591. The molecule has 0 aliphatic carbocycles. The number of carbonyl (C=O) groups is 3. The van der Waals surface area contributed by atoms with E-state index in [1.165, 1.54) is 0 Å². The lowest BCUT2D eigenvalue weighted by Gasteiger charge is -2.01. The molecule has 0 aromatic carbocycles. The second-order valence-corrected chi connectivity index (χ2v) is 1.48. The lowest BCUT2D eigenvalue weighted by atomic mass is 10.6. The highest BCUT2D eigenvalue weighted by atomic mass is 19.4. The first-order chi connectivity index (χ1) is 5.25. The van der Waals surface area contributed by atoms with Gasteiger partial charge in [0.15, 0.2) is 0 Å². The van der Waals surface area contributed by atoms with Crippen LogP contribution in [0.5, 0.6) is 0 Å². The maximum Gasteiger partial charge on any atom is 0.491 e. The van der Waals surface area contributed by atoms with Crippen molar-refractivity contribution in [1.82, 2.24) is 0 Å². The highest BCUT2D eigenvalue weighted by Gasteiger charge is 2.43. The maximum absolute atomic E-state index is 11.3. The molecule has 1 N–H and O–H groups in total. The summed E-state index contributed by atoms with van der Waals surface area (Å²) in [5.74, 6) is -7.39. The number of carboxylic acids is 1. The van der Waals surface area contributed by atoms with Gasteiger partial charge in [-0.2, -0.15) is 13.2 Å². The molecule has 0 saturated heterocycles. The minimum absolute atomic E-state index is 2.27. The molecule has 0 heterocycles. The van der Waals surface area contributed by atoms with Crippen LogP contribution in [-0.4, -0.2) is 29.2 Å². The van der Waals surface area contributed by atoms with Gasteiger partial charge in [0.1, 0.15) is 0 Å². The third kappa shape index (κ3) is 2.99. The Bertz CT molecular complexity index is 229. The summed E-state index contributed by atoms with van der Waals surface area (Å²) in [6, 6.07) is 0. The number of hydrogen-bond donors (Lipinski definition) is 1. The van der Waals surface area contributed by atoms with Crippen molar-refractivity contribution in [2.75, 3.05) is 0 Å². The Morgan fingerprint density at radius 1 is 1.17 bits per heavy atom. The number of halogens is 3. The SMILES string of the molecule is O=C(O)C(=O)OC(=O)C(F)(F)F. The fourth-order valence-corrected chi connectivity index (χ4v) is 0.186. The van der Waals surface area contributed by atoms with Crippen LogP contribution < -0.4 is 0 Å². The van der Waals surface area contributed by atoms with E-state index in [0.717, 1.165) is 0 Å². The normalized spacial score (nSPS) is 10.6. The van der Waals surface area contributed by atoms with Gasteiger partial charge < -0.3 is 9.84 Å². The van der Waals surface area contributed by atoms with Crippen LogP contribution in [-0.2, 0) is 19.1 Å². The lowest BCUT2D eigenvalue weighted by molar-refractivity contribution is -0.203. The summed E-state index contributed by atoms with van der Waals surface area (Å²) in [6.07, 6.45) is -5.37. The molecule has 68 valence electrons. The maximum atomic E-state index is 11.3. The van der Waals surface area contributed by atoms with E-state index in [0.29, 0.717) is 0 Å². The zero-order chi connectivity index (χ0) is 9.94. The first kappa shape index (κ1) is 10.4. The minimum atomic E-state index is -5.37. The van der Waals surface area contributed by atoms with E-state index in [4.69, 9.17) is 5.11 Å². The van der Waals surface area contributed by atoms with Crippen molar-refractivity contribution in [2.45, 2.75) is 6.18 Å². The van der Waals surface area contributed by atoms with E-state index in [9.17, 15) is 27.6 Å². The molecule has 12 heavy (non-hydrogen) atoms. The zero-order valence-electron chi connectivity index (χ0n) is 5.21. The molecule has 0 rings (SSSR count). The monoisotopic (exact) mass is 186 g/mol. The predicted octanol–water partition coefficient (Wildman–Crippen LogP) is -0.297. The van der Waals surface area contributed by atoms with Gasteiger partial charge in [0.2, 0.25) is 0 Å². The summed E-state index contributed by atoms with van der Waals surface area (Å²) in [4.78, 5) is 29.2. The van der Waals surface area contributed by atoms with Crippen LogP contribution in [0.1, 0.15) is 0 Å². The van der Waals surface area contributed by atoms with E-state index in [-0.39, 0.29) is 0 Å². The summed E-state index contributed by atoms with van der Waals surface area (Å²) < 4.78 is 36.6. The Morgan fingerprint density at radius 3 is 1.83 bits per heavy atom. The molecule has 0 spiro atoms. The number of aliphatic carboxylic acids is 1. The van der Waals surface area contributed by atoms with Crippen molar-refractivity contribution in [3.63, 3.8) is 0 Å². The number of carbonyl (C=O) groups excluding carboxylic acids is 2. The van der Waals surface area contributed by atoms with Crippen molar-refractivity contribution < 1.29 is 37.4 Å². The van der Waals surface area contributed by atoms with Crippen molar-refractivity contribution in [2.24, 2.45) is 0 Å². The first-order valence-electron chi connectivity index (χ1n) is 2.31. The largest absolute Gasteiger partial charge is 0.491 e. The topological polar surface area (TPSA) is 80.7 Å². The molecule has 0 aliphatic rings. The lowest BCUT2D eigenvalue weighted by Crippen LogP contribution is -2.30. The number of carboxylic acid groups (broad SMARTS) is 1. The van der Waals surface area contributed by atoms with Gasteiger partial charge in [-0.3, -0.25) is 0 Å². The number of hydrogen-bond acceptors (Lipinski definition) is 4. The van der Waals surface area contributed by atoms with Crippen molar-refractivity contribution in [1.29, 1.82) is 0 Å². The van der Waals surface area contributed by atoms with Crippen LogP contribution >= 0.6 is 0 Å². The van der Waals surface area contributed by atoms with E-state index >= 15 is 0 Å². The van der Waals surface area contributed by atoms with E-state index in [1.807, 2.05) is 0 Å². The summed E-state index contributed by atoms with van der Waals surface area (Å²) in [6.45, 7) is 0. The molecule has 0 atom stereocenters. The van der Waals surface area contributed by atoms with Gasteiger partial charge in [-0.15, -0.1) is 0 Å². The van der Waals surface area contributed by atoms with E-state index in [2.05, 4.69) is 4.74 Å². The van der Waals surface area contributed by atoms with Gasteiger partial charge in [-0.1, -0.05) is 0 Å². The van der Waals surface area contributed by atoms with Gasteiger partial charge in [-0.05, 0) is 0 Å². The summed E-state index contributed by atoms with van der Waals surface area (Å²) >= 11 is 0. The smallest absolute Gasteiger partial charge is 0.473 e. The van der Waals surface area contributed by atoms with Gasteiger partial charge >= 0.3 is 24.1 Å². The van der Waals surface area contributed by atoms with Crippen molar-refractivity contribution in [3.05, 3.63) is 0 Å². The predicted molar refractivity (Wildman–Crippen MR) is 24.8 cm³/mol. The molecule has 0 bridgehead atoms. The molecule has 0 saturated carbocycles. The third-order valence-electron chi connectivity index (χ3n) is 0.591. The Hall–Kier alpha value is -1.60. The van der Waals surface area contributed by atoms with Crippen LogP contribution in [0.25, 0.3) is 0 Å². The van der Waals surface area contributed by atoms with Crippen LogP contribution in [0.15, 0.2) is 0 Å². The van der Waals surface area contributed by atoms with Crippen molar-refractivity contribution in [3.8, 4) is 0 Å². The minimum Gasteiger partial charge on any atom is -0.473 e. The van der Waals surface area contributed by atoms with E-state index < -0.39 is 24.1 Å². The van der Waals surface area contributed by atoms with E-state index in [1.54, 1.807) is 0 Å². The van der Waals surface area contributed by atoms with Gasteiger partial charge in [0, 0.05) is 0 Å². The Kier molecular flexibility index (Phi) is 2.77. The molecule has 0 aromatic heterocycles. The van der Waals surface area contributed by atoms with Crippen LogP contribution in [0.2, 0.25) is 0 Å². The first-order valence-corrected chi connectivity index (χ1v) is 2.31. The number of ether oxygens (including phenoxy) is 1. The summed E-state index contributed by atoms with van der Waals surface area (Å²) in [5, 5.41) is 7.70. The van der Waals surface area contributed by atoms with Crippen molar-refractivity contribution >= 4 is 17.9 Å². The molecular weight excluding hydrogens is 185 g/mol. The van der Waals surface area contributed by atoms with Gasteiger partial charge in [-0.25, -0.2) is 14.4 Å². The highest BCUT2D eigenvalue weighted by molar-refractivity contribution is 6.30. The number of esters is 2. The second-order valence-electron chi connectivity index (χ2n) is 1.48. The average molecular weight is 186 g/mol. The van der Waals surface area contributed by atoms with Crippen LogP contribution in [0, 0.1) is 0 Å². The molecule has 0 aromatic rings. The fraction of sp³-hybridized carbons (Fsp3) is 0.250. The zero-order valence-corrected chi connectivity index (χ0v) is 5.21. The number of rotatable bonds is 0. The fourth-order valence-electron chi connectivity index (χ4n) is 0.186. The van der Waals surface area contributed by atoms with Gasteiger partial charge in [0.25, 0.3) is 0 Å². The molecule has 0 aliphatic heterocycles.